The summed E-state index contributed by atoms with van der Waals surface area (Å²) in [6.45, 7) is 1.46. The molecule has 1 aliphatic heterocycles. The Morgan fingerprint density at radius 3 is 2.54 bits per heavy atom. The summed E-state index contributed by atoms with van der Waals surface area (Å²) in [6, 6.07) is 8.95. The second-order valence-corrected chi connectivity index (χ2v) is 6.69. The maximum Gasteiger partial charge on any atom is 0.315 e. The molecule has 144 valence electrons. The van der Waals surface area contributed by atoms with Crippen LogP contribution in [0.1, 0.15) is 31.2 Å². The summed E-state index contributed by atoms with van der Waals surface area (Å²) < 4.78 is 5.27. The molecule has 1 saturated heterocycles. The topological polar surface area (TPSA) is 108 Å². The molecule has 1 fully saturated rings. The molecule has 4 N–H and O–H groups in total. The van der Waals surface area contributed by atoms with Crippen molar-refractivity contribution >= 4 is 12.0 Å². The molecule has 2 atom stereocenters. The number of carbonyl (C=O) groups is 2. The van der Waals surface area contributed by atoms with Crippen molar-refractivity contribution in [3.05, 3.63) is 35.9 Å². The normalized spacial score (nSPS) is 17.3. The molecular weight excluding hydrogens is 336 g/mol. The molecule has 1 heterocycles. The van der Waals surface area contributed by atoms with Crippen molar-refractivity contribution in [3.8, 4) is 0 Å². The lowest BCUT2D eigenvalue weighted by molar-refractivity contribution is -0.137. The summed E-state index contributed by atoms with van der Waals surface area (Å²) in [7, 11) is 0. The zero-order valence-electron chi connectivity index (χ0n) is 14.9. The highest BCUT2D eigenvalue weighted by Gasteiger charge is 2.23. The average Bonchev–Trinajstić information content (AvgIpc) is 2.65. The van der Waals surface area contributed by atoms with Crippen molar-refractivity contribution in [2.45, 2.75) is 44.2 Å². The van der Waals surface area contributed by atoms with E-state index in [0.717, 1.165) is 18.4 Å². The van der Waals surface area contributed by atoms with Gasteiger partial charge in [0.25, 0.3) is 0 Å². The van der Waals surface area contributed by atoms with E-state index >= 15 is 0 Å². The smallest absolute Gasteiger partial charge is 0.315 e. The number of carboxylic acids is 1. The van der Waals surface area contributed by atoms with Crippen LogP contribution in [-0.2, 0) is 16.0 Å². The van der Waals surface area contributed by atoms with E-state index in [-0.39, 0.29) is 31.0 Å². The Morgan fingerprint density at radius 1 is 1.19 bits per heavy atom. The Balaban J connectivity index is 1.81. The zero-order chi connectivity index (χ0) is 18.8. The third-order valence-corrected chi connectivity index (χ3v) is 4.65. The minimum atomic E-state index is -0.889. The SMILES string of the molecule is O=C(O)CCC(Cc1ccccc1)NC(=O)NCC(O)C1CCOCC1. The van der Waals surface area contributed by atoms with Gasteiger partial charge in [0.15, 0.2) is 0 Å². The van der Waals surface area contributed by atoms with Crippen LogP contribution in [0.4, 0.5) is 4.79 Å². The third kappa shape index (κ3) is 7.41. The van der Waals surface area contributed by atoms with Crippen molar-refractivity contribution in [2.75, 3.05) is 19.8 Å². The Labute approximate surface area is 153 Å². The van der Waals surface area contributed by atoms with Gasteiger partial charge in [0, 0.05) is 32.2 Å². The maximum absolute atomic E-state index is 12.2. The number of aliphatic hydroxyl groups is 1. The van der Waals surface area contributed by atoms with Gasteiger partial charge in [0.1, 0.15) is 0 Å². The van der Waals surface area contributed by atoms with E-state index in [1.165, 1.54) is 0 Å². The molecule has 2 amide bonds. The molecule has 2 unspecified atom stereocenters. The standard InChI is InChI=1S/C19H28N2O5/c22-17(15-8-10-26-11-9-15)13-20-19(25)21-16(6-7-18(23)24)12-14-4-2-1-3-5-14/h1-5,15-17,22H,6-13H2,(H,23,24)(H2,20,21,25). The van der Waals surface area contributed by atoms with Gasteiger partial charge >= 0.3 is 12.0 Å². The lowest BCUT2D eigenvalue weighted by Gasteiger charge is -2.27. The fourth-order valence-corrected chi connectivity index (χ4v) is 3.12. The molecule has 26 heavy (non-hydrogen) atoms. The average molecular weight is 364 g/mol. The molecule has 1 aliphatic rings. The first-order valence-electron chi connectivity index (χ1n) is 9.10. The van der Waals surface area contributed by atoms with Crippen LogP contribution in [0.3, 0.4) is 0 Å². The first kappa shape index (κ1) is 20.2. The van der Waals surface area contributed by atoms with Crippen molar-refractivity contribution in [1.82, 2.24) is 10.6 Å². The van der Waals surface area contributed by atoms with Crippen molar-refractivity contribution in [3.63, 3.8) is 0 Å². The van der Waals surface area contributed by atoms with Gasteiger partial charge < -0.3 is 25.6 Å². The van der Waals surface area contributed by atoms with Gasteiger partial charge in [-0.25, -0.2) is 4.79 Å². The van der Waals surface area contributed by atoms with Crippen LogP contribution in [0.15, 0.2) is 30.3 Å². The molecule has 1 aromatic rings. The number of carbonyl (C=O) groups excluding carboxylic acids is 1. The summed E-state index contributed by atoms with van der Waals surface area (Å²) in [6.07, 6.45) is 1.88. The number of aliphatic carboxylic acids is 1. The maximum atomic E-state index is 12.2. The fourth-order valence-electron chi connectivity index (χ4n) is 3.12. The molecule has 7 nitrogen and oxygen atoms in total. The number of benzene rings is 1. The number of nitrogens with one attached hydrogen (secondary N) is 2. The van der Waals surface area contributed by atoms with Gasteiger partial charge in [-0.3, -0.25) is 4.79 Å². The lowest BCUT2D eigenvalue weighted by Crippen LogP contribution is -2.47. The number of hydrogen-bond acceptors (Lipinski definition) is 4. The molecule has 0 aliphatic carbocycles. The van der Waals surface area contributed by atoms with Gasteiger partial charge in [-0.1, -0.05) is 30.3 Å². The highest BCUT2D eigenvalue weighted by molar-refractivity contribution is 5.74. The highest BCUT2D eigenvalue weighted by Crippen LogP contribution is 2.18. The molecule has 7 heteroatoms. The van der Waals surface area contributed by atoms with Crippen LogP contribution >= 0.6 is 0 Å². The Hall–Kier alpha value is -2.12. The van der Waals surface area contributed by atoms with E-state index in [0.29, 0.717) is 26.1 Å². The molecule has 0 radical (unpaired) electrons. The summed E-state index contributed by atoms with van der Waals surface area (Å²) in [5.74, 6) is -0.753. The van der Waals surface area contributed by atoms with E-state index in [2.05, 4.69) is 10.6 Å². The van der Waals surface area contributed by atoms with Crippen LogP contribution in [0.5, 0.6) is 0 Å². The first-order chi connectivity index (χ1) is 12.5. The van der Waals surface area contributed by atoms with E-state index in [1.54, 1.807) is 0 Å². The Bertz CT molecular complexity index is 560. The first-order valence-corrected chi connectivity index (χ1v) is 9.10. The number of amides is 2. The molecule has 0 bridgehead atoms. The van der Waals surface area contributed by atoms with Crippen LogP contribution in [-0.4, -0.2) is 54.1 Å². The molecule has 2 rings (SSSR count). The molecule has 0 saturated carbocycles. The number of ether oxygens (including phenoxy) is 1. The fraction of sp³-hybridized carbons (Fsp3) is 0.579. The number of rotatable bonds is 9. The summed E-state index contributed by atoms with van der Waals surface area (Å²) in [5.41, 5.74) is 1.03. The van der Waals surface area contributed by atoms with Gasteiger partial charge in [-0.2, -0.15) is 0 Å². The van der Waals surface area contributed by atoms with E-state index in [1.807, 2.05) is 30.3 Å². The van der Waals surface area contributed by atoms with Crippen LogP contribution in [0, 0.1) is 5.92 Å². The predicted molar refractivity (Wildman–Crippen MR) is 96.9 cm³/mol. The van der Waals surface area contributed by atoms with E-state index < -0.39 is 12.1 Å². The number of carboxylic acid groups (broad SMARTS) is 1. The van der Waals surface area contributed by atoms with Crippen molar-refractivity contribution in [1.29, 1.82) is 0 Å². The second kappa shape index (κ2) is 10.8. The minimum Gasteiger partial charge on any atom is -0.481 e. The quantitative estimate of drug-likeness (QED) is 0.532. The predicted octanol–water partition coefficient (Wildman–Crippen LogP) is 1.55. The molecule has 1 aromatic carbocycles. The summed E-state index contributed by atoms with van der Waals surface area (Å²) >= 11 is 0. The van der Waals surface area contributed by atoms with E-state index in [9.17, 15) is 14.7 Å². The van der Waals surface area contributed by atoms with Crippen LogP contribution < -0.4 is 10.6 Å². The third-order valence-electron chi connectivity index (χ3n) is 4.65. The Morgan fingerprint density at radius 2 is 1.88 bits per heavy atom. The van der Waals surface area contributed by atoms with Gasteiger partial charge in [0.2, 0.25) is 0 Å². The van der Waals surface area contributed by atoms with Crippen molar-refractivity contribution < 1.29 is 24.5 Å². The van der Waals surface area contributed by atoms with Gasteiger partial charge in [-0.15, -0.1) is 0 Å². The van der Waals surface area contributed by atoms with Crippen molar-refractivity contribution in [2.24, 2.45) is 5.92 Å². The minimum absolute atomic E-state index is 0.0114. The molecule has 0 aromatic heterocycles. The second-order valence-electron chi connectivity index (χ2n) is 6.69. The largest absolute Gasteiger partial charge is 0.481 e. The number of urea groups is 1. The zero-order valence-corrected chi connectivity index (χ0v) is 14.9. The van der Waals surface area contributed by atoms with E-state index in [4.69, 9.17) is 9.84 Å². The lowest BCUT2D eigenvalue weighted by atomic mass is 9.94. The number of aliphatic hydroxyl groups excluding tert-OH is 1. The molecule has 0 spiro atoms. The van der Waals surface area contributed by atoms with Gasteiger partial charge in [0.05, 0.1) is 6.10 Å². The monoisotopic (exact) mass is 364 g/mol. The van der Waals surface area contributed by atoms with Crippen LogP contribution in [0.2, 0.25) is 0 Å². The highest BCUT2D eigenvalue weighted by atomic mass is 16.5. The number of hydrogen-bond donors (Lipinski definition) is 4. The summed E-state index contributed by atoms with van der Waals surface area (Å²) in [5, 5.41) is 24.6. The van der Waals surface area contributed by atoms with Gasteiger partial charge in [-0.05, 0) is 37.2 Å². The Kier molecular flexibility index (Phi) is 8.37. The molecular formula is C19H28N2O5. The summed E-state index contributed by atoms with van der Waals surface area (Å²) in [4.78, 5) is 23.0. The van der Waals surface area contributed by atoms with Crippen LogP contribution in [0.25, 0.3) is 0 Å².